The van der Waals surface area contributed by atoms with Crippen LogP contribution in [0.2, 0.25) is 0 Å². The first-order chi connectivity index (χ1) is 7.10. The van der Waals surface area contributed by atoms with Crippen molar-refractivity contribution in [3.8, 4) is 0 Å². The number of carboxylic acid groups (broad SMARTS) is 1. The highest BCUT2D eigenvalue weighted by Crippen LogP contribution is 2.45. The molecule has 1 aliphatic rings. The summed E-state index contributed by atoms with van der Waals surface area (Å²) < 4.78 is 4.75. The highest BCUT2D eigenvalue weighted by molar-refractivity contribution is 5.80. The number of carboxylic acids is 1. The molecular formula is C9H16N2O4. The molecule has 0 heterocycles. The molecule has 3 N–H and O–H groups in total. The van der Waals surface area contributed by atoms with Gasteiger partial charge >= 0.3 is 12.0 Å². The molecule has 0 spiro atoms. The highest BCUT2D eigenvalue weighted by atomic mass is 16.5. The predicted octanol–water partition coefficient (Wildman–Crippen LogP) is -0.203. The van der Waals surface area contributed by atoms with E-state index in [9.17, 15) is 9.59 Å². The van der Waals surface area contributed by atoms with Gasteiger partial charge in [0.2, 0.25) is 0 Å². The Labute approximate surface area is 88.0 Å². The van der Waals surface area contributed by atoms with Gasteiger partial charge in [0.25, 0.3) is 0 Å². The number of nitrogens with one attached hydrogen (secondary N) is 2. The second-order valence-corrected chi connectivity index (χ2v) is 3.69. The fourth-order valence-electron chi connectivity index (χ4n) is 1.20. The van der Waals surface area contributed by atoms with Crippen LogP contribution in [0, 0.1) is 5.41 Å². The van der Waals surface area contributed by atoms with Gasteiger partial charge in [-0.2, -0.15) is 0 Å². The molecule has 0 saturated heterocycles. The number of ether oxygens (including phenoxy) is 1. The monoisotopic (exact) mass is 216 g/mol. The topological polar surface area (TPSA) is 87.7 Å². The van der Waals surface area contributed by atoms with Crippen LogP contribution < -0.4 is 10.6 Å². The predicted molar refractivity (Wildman–Crippen MR) is 52.6 cm³/mol. The van der Waals surface area contributed by atoms with E-state index in [1.165, 1.54) is 0 Å². The van der Waals surface area contributed by atoms with Crippen LogP contribution in [0.25, 0.3) is 0 Å². The maximum atomic E-state index is 11.1. The Morgan fingerprint density at radius 3 is 2.53 bits per heavy atom. The number of hydrogen-bond donors (Lipinski definition) is 3. The second kappa shape index (κ2) is 4.97. The Hall–Kier alpha value is -1.30. The largest absolute Gasteiger partial charge is 0.481 e. The van der Waals surface area contributed by atoms with Crippen molar-refractivity contribution < 1.29 is 19.4 Å². The minimum Gasteiger partial charge on any atom is -0.481 e. The number of carbonyl (C=O) groups excluding carboxylic acids is 1. The minimum atomic E-state index is -0.834. The fourth-order valence-corrected chi connectivity index (χ4v) is 1.20. The molecule has 1 fully saturated rings. The summed E-state index contributed by atoms with van der Waals surface area (Å²) in [5, 5.41) is 13.9. The van der Waals surface area contributed by atoms with Crippen molar-refractivity contribution in [2.75, 3.05) is 26.8 Å². The third kappa shape index (κ3) is 3.39. The number of aliphatic carboxylic acids is 1. The van der Waals surface area contributed by atoms with E-state index in [1.807, 2.05) is 0 Å². The first-order valence-corrected chi connectivity index (χ1v) is 4.85. The summed E-state index contributed by atoms with van der Waals surface area (Å²) in [5.41, 5.74) is -0.710. The van der Waals surface area contributed by atoms with Gasteiger partial charge in [0.05, 0.1) is 12.0 Å². The summed E-state index contributed by atoms with van der Waals surface area (Å²) in [7, 11) is 1.54. The second-order valence-electron chi connectivity index (χ2n) is 3.69. The van der Waals surface area contributed by atoms with E-state index in [4.69, 9.17) is 9.84 Å². The molecule has 0 atom stereocenters. The van der Waals surface area contributed by atoms with Gasteiger partial charge < -0.3 is 20.5 Å². The van der Waals surface area contributed by atoms with E-state index in [1.54, 1.807) is 7.11 Å². The molecule has 0 aromatic rings. The van der Waals surface area contributed by atoms with Crippen molar-refractivity contribution in [3.63, 3.8) is 0 Å². The molecule has 6 nitrogen and oxygen atoms in total. The van der Waals surface area contributed by atoms with Gasteiger partial charge in [-0.15, -0.1) is 0 Å². The van der Waals surface area contributed by atoms with E-state index in [0.717, 1.165) is 0 Å². The molecule has 0 radical (unpaired) electrons. The molecule has 1 saturated carbocycles. The summed E-state index contributed by atoms with van der Waals surface area (Å²) in [6.07, 6.45) is 1.28. The standard InChI is InChI=1S/C9H16N2O4/c1-15-5-4-10-8(14)11-6-9(2-3-9)7(12)13/h2-6H2,1H3,(H,12,13)(H2,10,11,14). The van der Waals surface area contributed by atoms with E-state index < -0.39 is 11.4 Å². The molecule has 0 unspecified atom stereocenters. The molecular weight excluding hydrogens is 200 g/mol. The number of carbonyl (C=O) groups is 2. The normalized spacial score (nSPS) is 16.9. The van der Waals surface area contributed by atoms with Crippen LogP contribution in [0.3, 0.4) is 0 Å². The van der Waals surface area contributed by atoms with Crippen LogP contribution in [0.5, 0.6) is 0 Å². The van der Waals surface area contributed by atoms with Gasteiger partial charge in [-0.1, -0.05) is 0 Å². The minimum absolute atomic E-state index is 0.196. The Morgan fingerprint density at radius 2 is 2.07 bits per heavy atom. The zero-order chi connectivity index (χ0) is 11.3. The molecule has 1 rings (SSSR count). The van der Waals surface area contributed by atoms with E-state index in [-0.39, 0.29) is 12.6 Å². The van der Waals surface area contributed by atoms with Crippen molar-refractivity contribution in [2.24, 2.45) is 5.41 Å². The smallest absolute Gasteiger partial charge is 0.314 e. The lowest BCUT2D eigenvalue weighted by molar-refractivity contribution is -0.143. The van der Waals surface area contributed by atoms with Gasteiger partial charge in [-0.3, -0.25) is 4.79 Å². The number of hydrogen-bond acceptors (Lipinski definition) is 3. The molecule has 0 aromatic heterocycles. The summed E-state index contributed by atoms with van der Waals surface area (Å²) in [6.45, 7) is 1.06. The van der Waals surface area contributed by atoms with Crippen LogP contribution in [0.4, 0.5) is 4.79 Å². The van der Waals surface area contributed by atoms with Gasteiger partial charge in [0.15, 0.2) is 0 Å². The van der Waals surface area contributed by atoms with Gasteiger partial charge in [0, 0.05) is 20.2 Å². The zero-order valence-electron chi connectivity index (χ0n) is 8.71. The first-order valence-electron chi connectivity index (χ1n) is 4.85. The molecule has 2 amide bonds. The van der Waals surface area contributed by atoms with Gasteiger partial charge in [-0.05, 0) is 12.8 Å². The van der Waals surface area contributed by atoms with E-state index in [2.05, 4.69) is 10.6 Å². The van der Waals surface area contributed by atoms with Crippen molar-refractivity contribution >= 4 is 12.0 Å². The Balaban J connectivity index is 2.14. The number of urea groups is 1. The van der Waals surface area contributed by atoms with Crippen molar-refractivity contribution in [1.82, 2.24) is 10.6 Å². The molecule has 0 aromatic carbocycles. The van der Waals surface area contributed by atoms with Gasteiger partial charge in [-0.25, -0.2) is 4.79 Å². The molecule has 86 valence electrons. The average molecular weight is 216 g/mol. The summed E-state index contributed by atoms with van der Waals surface area (Å²) in [4.78, 5) is 21.9. The van der Waals surface area contributed by atoms with E-state index >= 15 is 0 Å². The number of rotatable bonds is 6. The Morgan fingerprint density at radius 1 is 1.40 bits per heavy atom. The Bertz CT molecular complexity index is 250. The average Bonchev–Trinajstić information content (AvgIpc) is 2.96. The highest BCUT2D eigenvalue weighted by Gasteiger charge is 2.50. The summed E-state index contributed by atoms with van der Waals surface area (Å²) in [5.74, 6) is -0.834. The van der Waals surface area contributed by atoms with Crippen molar-refractivity contribution in [3.05, 3.63) is 0 Å². The molecule has 15 heavy (non-hydrogen) atoms. The number of methoxy groups -OCH3 is 1. The quantitative estimate of drug-likeness (QED) is 0.536. The summed E-state index contributed by atoms with van der Waals surface area (Å²) >= 11 is 0. The van der Waals surface area contributed by atoms with Crippen LogP contribution in [-0.4, -0.2) is 43.9 Å². The SMILES string of the molecule is COCCNC(=O)NCC1(C(=O)O)CC1. The van der Waals surface area contributed by atoms with Crippen LogP contribution in [0.15, 0.2) is 0 Å². The van der Waals surface area contributed by atoms with Crippen molar-refractivity contribution in [1.29, 1.82) is 0 Å². The Kier molecular flexibility index (Phi) is 3.90. The third-order valence-corrected chi connectivity index (χ3v) is 2.49. The zero-order valence-corrected chi connectivity index (χ0v) is 8.71. The van der Waals surface area contributed by atoms with Gasteiger partial charge in [0.1, 0.15) is 0 Å². The lowest BCUT2D eigenvalue weighted by Gasteiger charge is -2.11. The lowest BCUT2D eigenvalue weighted by atomic mass is 10.1. The number of amides is 2. The lowest BCUT2D eigenvalue weighted by Crippen LogP contribution is -2.41. The molecule has 0 aliphatic heterocycles. The van der Waals surface area contributed by atoms with Crippen LogP contribution in [0.1, 0.15) is 12.8 Å². The van der Waals surface area contributed by atoms with Crippen LogP contribution >= 0.6 is 0 Å². The first kappa shape index (κ1) is 11.8. The maximum Gasteiger partial charge on any atom is 0.314 e. The van der Waals surface area contributed by atoms with E-state index in [0.29, 0.717) is 26.0 Å². The molecule has 1 aliphatic carbocycles. The molecule has 6 heteroatoms. The summed E-state index contributed by atoms with van der Waals surface area (Å²) in [6, 6.07) is -0.348. The fraction of sp³-hybridized carbons (Fsp3) is 0.778. The maximum absolute atomic E-state index is 11.1. The third-order valence-electron chi connectivity index (χ3n) is 2.49. The molecule has 0 bridgehead atoms. The van der Waals surface area contributed by atoms with Crippen LogP contribution in [-0.2, 0) is 9.53 Å². The van der Waals surface area contributed by atoms with Crippen molar-refractivity contribution in [2.45, 2.75) is 12.8 Å².